The largest absolute Gasteiger partial charge is 0.212 e. The zero-order valence-corrected chi connectivity index (χ0v) is 11.5. The Balaban J connectivity index is 4.40. The molecule has 2 nitrogen and oxygen atoms in total. The van der Waals surface area contributed by atoms with Crippen LogP contribution in [0.4, 0.5) is 0 Å². The molecule has 0 saturated heterocycles. The highest BCUT2D eigenvalue weighted by molar-refractivity contribution is 7.76. The lowest BCUT2D eigenvalue weighted by molar-refractivity contribution is 0.566. The predicted octanol–water partition coefficient (Wildman–Crippen LogP) is 2.24. The predicted molar refractivity (Wildman–Crippen MR) is 69.8 cm³/mol. The molecule has 0 atom stereocenters. The highest BCUT2D eigenvalue weighted by Crippen LogP contribution is 2.09. The minimum absolute atomic E-state index is 0.169. The Morgan fingerprint density at radius 3 is 2.00 bits per heavy atom. The first-order valence-corrected chi connectivity index (χ1v) is 6.83. The van der Waals surface area contributed by atoms with E-state index in [0.29, 0.717) is 28.4 Å². The molecule has 0 bridgehead atoms. The first-order chi connectivity index (χ1) is 7.02. The molecule has 0 aliphatic heterocycles. The molecule has 4 heteroatoms. The first-order valence-electron chi connectivity index (χ1n) is 5.35. The van der Waals surface area contributed by atoms with E-state index in [-0.39, 0.29) is 5.92 Å². The normalized spacial score (nSPS) is 10.5. The van der Waals surface area contributed by atoms with Crippen molar-refractivity contribution in [2.75, 3.05) is 0 Å². The van der Waals surface area contributed by atoms with Crippen LogP contribution in [0.2, 0.25) is 0 Å². The minimum Gasteiger partial charge on any atom is -0.212 e. The van der Waals surface area contributed by atoms with Gasteiger partial charge in [-0.25, -0.2) is 8.42 Å². The minimum atomic E-state index is 0.169. The molecule has 0 fully saturated rings. The van der Waals surface area contributed by atoms with Crippen molar-refractivity contribution in [3.8, 4) is 0 Å². The highest BCUT2D eigenvalue weighted by Gasteiger charge is 2.12. The summed E-state index contributed by atoms with van der Waals surface area (Å²) in [5.41, 5.74) is 0. The molecule has 0 aliphatic rings. The second-order valence-electron chi connectivity index (χ2n) is 4.39. The van der Waals surface area contributed by atoms with Crippen molar-refractivity contribution in [3.05, 3.63) is 0 Å². The molecule has 0 saturated carbocycles. The van der Waals surface area contributed by atoms with Gasteiger partial charge in [0.2, 0.25) is 0 Å². The molecule has 88 valence electrons. The van der Waals surface area contributed by atoms with E-state index in [1.165, 1.54) is 0 Å². The summed E-state index contributed by atoms with van der Waals surface area (Å²) in [7, 11) is 0. The summed E-state index contributed by atoms with van der Waals surface area (Å²) < 4.78 is 21.8. The van der Waals surface area contributed by atoms with Crippen LogP contribution in [0.25, 0.3) is 0 Å². The first kappa shape index (κ1) is 14.8. The van der Waals surface area contributed by atoms with Crippen LogP contribution in [0.5, 0.6) is 0 Å². The van der Waals surface area contributed by atoms with Crippen molar-refractivity contribution < 1.29 is 8.42 Å². The molecule has 0 aliphatic carbocycles. The van der Waals surface area contributed by atoms with Gasteiger partial charge in [0.25, 0.3) is 0 Å². The van der Waals surface area contributed by atoms with Gasteiger partial charge in [-0.2, -0.15) is 0 Å². The Bertz CT molecular complexity index is 296. The van der Waals surface area contributed by atoms with Crippen LogP contribution < -0.4 is 0 Å². The highest BCUT2D eigenvalue weighted by atomic mass is 32.1. The van der Waals surface area contributed by atoms with Crippen molar-refractivity contribution >= 4 is 32.2 Å². The summed E-state index contributed by atoms with van der Waals surface area (Å²) in [4.78, 5) is 1.46. The third-order valence-electron chi connectivity index (χ3n) is 2.17. The molecule has 0 radical (unpaired) electrons. The fraction of sp³-hybridized carbons (Fsp3) is 0.818. The second-order valence-corrected chi connectivity index (χ2v) is 5.66. The van der Waals surface area contributed by atoms with E-state index in [9.17, 15) is 8.42 Å². The summed E-state index contributed by atoms with van der Waals surface area (Å²) >= 11 is 0.970. The Labute approximate surface area is 99.6 Å². The second kappa shape index (κ2) is 7.99. The van der Waals surface area contributed by atoms with E-state index < -0.39 is 0 Å². The molecule has 0 spiro atoms. The zero-order chi connectivity index (χ0) is 11.8. The molecule has 0 aromatic rings. The van der Waals surface area contributed by atoms with E-state index in [1.54, 1.807) is 0 Å². The summed E-state index contributed by atoms with van der Waals surface area (Å²) in [5, 5.41) is 0. The monoisotopic (exact) mass is 248 g/mol. The van der Waals surface area contributed by atoms with Gasteiger partial charge in [-0.05, 0) is 24.7 Å². The van der Waals surface area contributed by atoms with E-state index in [0.717, 1.165) is 29.0 Å². The Hall–Kier alpha value is -0.220. The van der Waals surface area contributed by atoms with E-state index in [4.69, 9.17) is 0 Å². The lowest BCUT2D eigenvalue weighted by Crippen LogP contribution is -2.20. The van der Waals surface area contributed by atoms with E-state index in [1.807, 2.05) is 13.8 Å². The van der Waals surface area contributed by atoms with Gasteiger partial charge >= 0.3 is 0 Å². The average Bonchev–Trinajstić information content (AvgIpc) is 2.15. The Kier molecular flexibility index (Phi) is 7.88. The Morgan fingerprint density at radius 1 is 1.07 bits per heavy atom. The maximum atomic E-state index is 10.9. The molecule has 0 N–H and O–H groups in total. The number of rotatable bonds is 6. The molecular weight excluding hydrogens is 228 g/mol. The van der Waals surface area contributed by atoms with Crippen LogP contribution in [0, 0.1) is 11.8 Å². The van der Waals surface area contributed by atoms with Gasteiger partial charge in [-0.1, -0.05) is 34.1 Å². The van der Waals surface area contributed by atoms with Gasteiger partial charge in [0.1, 0.15) is 0 Å². The molecule has 0 aromatic carbocycles. The van der Waals surface area contributed by atoms with Gasteiger partial charge in [0.15, 0.2) is 0 Å². The van der Waals surface area contributed by atoms with Crippen LogP contribution in [-0.4, -0.2) is 18.1 Å². The summed E-state index contributed by atoms with van der Waals surface area (Å²) in [5.74, 6) is 0.827. The molecule has 0 heterocycles. The lowest BCUT2D eigenvalue weighted by atomic mass is 10.0. The van der Waals surface area contributed by atoms with Crippen LogP contribution in [0.3, 0.4) is 0 Å². The SMILES string of the molecule is CC(C)CCCC(=S=O)C(=S=O)C(C)C. The zero-order valence-electron chi connectivity index (χ0n) is 9.91. The molecule has 0 rings (SSSR count). The van der Waals surface area contributed by atoms with Gasteiger partial charge in [-0.3, -0.25) is 0 Å². The third-order valence-corrected chi connectivity index (χ3v) is 3.83. The number of hydrogen-bond acceptors (Lipinski definition) is 2. The van der Waals surface area contributed by atoms with Crippen molar-refractivity contribution in [1.29, 1.82) is 0 Å². The molecule has 0 amide bonds. The van der Waals surface area contributed by atoms with Crippen LogP contribution in [0.15, 0.2) is 0 Å². The van der Waals surface area contributed by atoms with Crippen LogP contribution >= 0.6 is 0 Å². The Morgan fingerprint density at radius 2 is 1.67 bits per heavy atom. The van der Waals surface area contributed by atoms with E-state index >= 15 is 0 Å². The van der Waals surface area contributed by atoms with Crippen LogP contribution in [0.1, 0.15) is 47.0 Å². The van der Waals surface area contributed by atoms with Gasteiger partial charge in [0.05, 0.1) is 32.2 Å². The van der Waals surface area contributed by atoms with Crippen molar-refractivity contribution in [2.45, 2.75) is 47.0 Å². The quantitative estimate of drug-likeness (QED) is 0.676. The number of hydrogen-bond donors (Lipinski definition) is 0. The van der Waals surface area contributed by atoms with E-state index in [2.05, 4.69) is 13.8 Å². The molecule has 15 heavy (non-hydrogen) atoms. The third kappa shape index (κ3) is 6.05. The van der Waals surface area contributed by atoms with Gasteiger partial charge in [-0.15, -0.1) is 0 Å². The standard InChI is InChI=1S/C11H20O2S2/c1-8(2)6-5-7-10(14-12)11(15-13)9(3)4/h8-9H,5-7H2,1-4H3. The van der Waals surface area contributed by atoms with Crippen molar-refractivity contribution in [1.82, 2.24) is 0 Å². The summed E-state index contributed by atoms with van der Waals surface area (Å²) in [6.07, 6.45) is 2.87. The fourth-order valence-corrected chi connectivity index (χ4v) is 2.48. The molecular formula is C11H20O2S2. The summed E-state index contributed by atoms with van der Waals surface area (Å²) in [6.45, 7) is 8.25. The lowest BCUT2D eigenvalue weighted by Gasteiger charge is -2.08. The smallest absolute Gasteiger partial charge is 0.0935 e. The van der Waals surface area contributed by atoms with Gasteiger partial charge in [0, 0.05) is 0 Å². The van der Waals surface area contributed by atoms with Crippen LogP contribution in [-0.2, 0) is 22.5 Å². The molecule has 0 aromatic heterocycles. The van der Waals surface area contributed by atoms with Gasteiger partial charge < -0.3 is 0 Å². The molecule has 0 unspecified atom stereocenters. The maximum Gasteiger partial charge on any atom is 0.0935 e. The fourth-order valence-electron chi connectivity index (χ4n) is 1.34. The van der Waals surface area contributed by atoms with Crippen molar-refractivity contribution in [2.24, 2.45) is 11.8 Å². The summed E-state index contributed by atoms with van der Waals surface area (Å²) in [6, 6.07) is 0. The average molecular weight is 248 g/mol. The topological polar surface area (TPSA) is 34.1 Å². The van der Waals surface area contributed by atoms with Crippen molar-refractivity contribution in [3.63, 3.8) is 0 Å². The maximum absolute atomic E-state index is 10.9.